The van der Waals surface area contributed by atoms with E-state index >= 15 is 0 Å². The Labute approximate surface area is 379 Å². The van der Waals surface area contributed by atoms with Crippen LogP contribution in [0.25, 0.3) is 0 Å². The van der Waals surface area contributed by atoms with Crippen molar-refractivity contribution in [3.05, 3.63) is 24.3 Å². The average Bonchev–Trinajstić information content (AvgIpc) is 3.25. The fraction of sp³-hybridized carbons (Fsp3) is 0.725. The molecule has 0 saturated carbocycles. The summed E-state index contributed by atoms with van der Waals surface area (Å²) < 4.78 is 30.5. The highest BCUT2D eigenvalue weighted by Crippen LogP contribution is 2.17. The van der Waals surface area contributed by atoms with Gasteiger partial charge in [0, 0.05) is 51.4 Å². The number of ether oxygens (including phenoxy) is 6. The average molecular weight is 885 g/mol. The van der Waals surface area contributed by atoms with Crippen molar-refractivity contribution >= 4 is 35.8 Å². The van der Waals surface area contributed by atoms with Gasteiger partial charge in [-0.3, -0.25) is 28.8 Å². The normalized spacial score (nSPS) is 11.9. The quantitative estimate of drug-likeness (QED) is 0.0143. The third kappa shape index (κ3) is 41.2. The van der Waals surface area contributed by atoms with E-state index in [4.69, 9.17) is 31.8 Å². The summed E-state index contributed by atoms with van der Waals surface area (Å²) in [5, 5.41) is 0. The van der Waals surface area contributed by atoms with E-state index in [-0.39, 0.29) is 68.6 Å². The zero-order chi connectivity index (χ0) is 46.4. The molecule has 0 rings (SSSR count). The predicted octanol–water partition coefficient (Wildman–Crippen LogP) is 11.8. The number of hydrogen-bond donors (Lipinski definition) is 0. The molecule has 0 spiro atoms. The highest BCUT2D eigenvalue weighted by Gasteiger charge is 2.16. The minimum Gasteiger partial charge on any atom is -0.462 e. The zero-order valence-electron chi connectivity index (χ0n) is 38.9. The molecule has 0 amide bonds. The van der Waals surface area contributed by atoms with Gasteiger partial charge < -0.3 is 28.4 Å². The van der Waals surface area contributed by atoms with Crippen molar-refractivity contribution in [3.63, 3.8) is 0 Å². The molecule has 2 atom stereocenters. The molecule has 12 nitrogen and oxygen atoms in total. The summed E-state index contributed by atoms with van der Waals surface area (Å²) in [7, 11) is 0. The summed E-state index contributed by atoms with van der Waals surface area (Å²) in [6.45, 7) is 3.97. The molecule has 0 aromatic rings. The van der Waals surface area contributed by atoms with Crippen molar-refractivity contribution in [2.24, 2.45) is 0 Å². The van der Waals surface area contributed by atoms with Crippen LogP contribution in [0.15, 0.2) is 24.3 Å². The Morgan fingerprint density at radius 1 is 0.413 bits per heavy atom. The van der Waals surface area contributed by atoms with E-state index < -0.39 is 11.9 Å². The summed E-state index contributed by atoms with van der Waals surface area (Å²) in [6.07, 6.45) is 46.5. The van der Waals surface area contributed by atoms with Crippen molar-refractivity contribution in [2.75, 3.05) is 6.79 Å². The summed E-state index contributed by atoms with van der Waals surface area (Å²) in [6, 6.07) is 0. The minimum absolute atomic E-state index is 0.0838. The maximum atomic E-state index is 12.3. The van der Waals surface area contributed by atoms with Crippen molar-refractivity contribution < 1.29 is 57.2 Å². The van der Waals surface area contributed by atoms with E-state index in [1.54, 1.807) is 0 Å². The first-order valence-corrected chi connectivity index (χ1v) is 24.0. The van der Waals surface area contributed by atoms with Gasteiger partial charge in [0.1, 0.15) is 24.4 Å². The fourth-order valence-corrected chi connectivity index (χ4v) is 6.69. The topological polar surface area (TPSA) is 158 Å². The van der Waals surface area contributed by atoms with E-state index in [0.29, 0.717) is 38.5 Å². The van der Waals surface area contributed by atoms with Gasteiger partial charge in [-0.2, -0.15) is 0 Å². The van der Waals surface area contributed by atoms with Crippen molar-refractivity contribution in [2.45, 2.75) is 232 Å². The molecule has 0 aliphatic rings. The second-order valence-corrected chi connectivity index (χ2v) is 16.0. The van der Waals surface area contributed by atoms with E-state index in [0.717, 1.165) is 141 Å². The summed E-state index contributed by atoms with van der Waals surface area (Å²) in [5.74, 6) is -2.39. The molecule has 0 aliphatic heterocycles. The lowest BCUT2D eigenvalue weighted by molar-refractivity contribution is -0.167. The van der Waals surface area contributed by atoms with Crippen molar-refractivity contribution in [1.29, 1.82) is 0 Å². The summed E-state index contributed by atoms with van der Waals surface area (Å²) in [4.78, 5) is 71.6. The van der Waals surface area contributed by atoms with Crippen LogP contribution in [-0.2, 0) is 57.2 Å². The molecule has 0 aliphatic carbocycles. The van der Waals surface area contributed by atoms with Gasteiger partial charge in [0.25, 0.3) is 0 Å². The van der Waals surface area contributed by atoms with Crippen LogP contribution in [0.1, 0.15) is 219 Å². The molecule has 356 valence electrons. The highest BCUT2D eigenvalue weighted by atomic mass is 16.7. The second-order valence-electron chi connectivity index (χ2n) is 16.0. The molecule has 0 N–H and O–H groups in total. The van der Waals surface area contributed by atoms with Gasteiger partial charge in [-0.05, 0) is 77.0 Å². The number of carbonyl (C=O) groups is 6. The first-order valence-electron chi connectivity index (χ1n) is 24.0. The van der Waals surface area contributed by atoms with Crippen molar-refractivity contribution in [3.8, 4) is 25.1 Å². The number of allylic oxidation sites excluding steroid dienone is 2. The SMILES string of the molecule is C#COC(=O)CCCC(=O)OC(C/C=C\CCCCCCCC(=O)OCOC(=O)CCCCCCC/C=C\CC(CCCCCC)OC(=O)CCCC(=O)OC#C)CCCCCC. The third-order valence-corrected chi connectivity index (χ3v) is 10.3. The van der Waals surface area contributed by atoms with Crippen LogP contribution >= 0.6 is 0 Å². The third-order valence-electron chi connectivity index (χ3n) is 10.3. The first-order chi connectivity index (χ1) is 30.6. The molecule has 2 unspecified atom stereocenters. The summed E-state index contributed by atoms with van der Waals surface area (Å²) >= 11 is 0. The van der Waals surface area contributed by atoms with Gasteiger partial charge in [-0.25, -0.2) is 0 Å². The van der Waals surface area contributed by atoms with Gasteiger partial charge >= 0.3 is 35.8 Å². The molecule has 12 heteroatoms. The first kappa shape index (κ1) is 58.4. The van der Waals surface area contributed by atoms with Gasteiger partial charge in [0.2, 0.25) is 6.79 Å². The van der Waals surface area contributed by atoms with E-state index in [9.17, 15) is 28.8 Å². The maximum absolute atomic E-state index is 12.3. The number of esters is 6. The van der Waals surface area contributed by atoms with Gasteiger partial charge in [-0.15, -0.1) is 0 Å². The molecule has 0 heterocycles. The molecule has 63 heavy (non-hydrogen) atoms. The minimum atomic E-state index is -0.520. The summed E-state index contributed by atoms with van der Waals surface area (Å²) in [5.41, 5.74) is 0. The Balaban J connectivity index is 4.02. The largest absolute Gasteiger partial charge is 0.462 e. The van der Waals surface area contributed by atoms with Crippen LogP contribution in [0.5, 0.6) is 0 Å². The molecular formula is C51H80O12. The molecule has 0 radical (unpaired) electrons. The predicted molar refractivity (Wildman–Crippen MR) is 244 cm³/mol. The smallest absolute Gasteiger partial charge is 0.319 e. The Morgan fingerprint density at radius 3 is 1.16 bits per heavy atom. The molecule has 0 aromatic heterocycles. The standard InChI is InChI=1S/C51H80O12/c1-5-9-11-25-33-44(62-50(56)41-31-39-46(52)58-7-3)35-27-21-17-13-15-19-23-29-37-48(54)60-43-61-49(55)38-30-24-20-16-14-18-22-28-36-45(34-26-12-10-6-2)63-51(57)42-32-40-47(53)59-8-4/h3-4,21-22,27-28,44-45H,5-6,9-20,23-26,29-43H2,1-2H3/b27-21-,28-22-. The number of carbonyl (C=O) groups excluding carboxylic acids is 6. The Kier molecular flexibility index (Phi) is 40.8. The van der Waals surface area contributed by atoms with Crippen molar-refractivity contribution in [1.82, 2.24) is 0 Å². The van der Waals surface area contributed by atoms with Crippen LogP contribution < -0.4 is 0 Å². The van der Waals surface area contributed by atoms with Crippen LogP contribution in [0.4, 0.5) is 0 Å². The Morgan fingerprint density at radius 2 is 0.762 bits per heavy atom. The van der Waals surface area contributed by atoms with E-state index in [2.05, 4.69) is 47.6 Å². The van der Waals surface area contributed by atoms with E-state index in [1.807, 2.05) is 12.2 Å². The number of hydrogen-bond acceptors (Lipinski definition) is 12. The van der Waals surface area contributed by atoms with Crippen LogP contribution in [0, 0.1) is 25.1 Å². The second kappa shape index (κ2) is 44.0. The lowest BCUT2D eigenvalue weighted by Crippen LogP contribution is -2.18. The van der Waals surface area contributed by atoms with Crippen LogP contribution in [-0.4, -0.2) is 54.8 Å². The Bertz CT molecular complexity index is 1270. The Hall–Kier alpha value is -4.58. The van der Waals surface area contributed by atoms with Gasteiger partial charge in [-0.1, -0.05) is 128 Å². The highest BCUT2D eigenvalue weighted by molar-refractivity contribution is 5.74. The number of rotatable bonds is 42. The van der Waals surface area contributed by atoms with Crippen LogP contribution in [0.3, 0.4) is 0 Å². The molecule has 0 aromatic carbocycles. The molecular weight excluding hydrogens is 805 g/mol. The van der Waals surface area contributed by atoms with Gasteiger partial charge in [0.05, 0.1) is 0 Å². The number of unbranched alkanes of at least 4 members (excludes halogenated alkanes) is 16. The lowest BCUT2D eigenvalue weighted by Gasteiger charge is -2.16. The molecule has 0 fully saturated rings. The maximum Gasteiger partial charge on any atom is 0.319 e. The monoisotopic (exact) mass is 885 g/mol. The van der Waals surface area contributed by atoms with E-state index in [1.165, 1.54) is 0 Å². The molecule has 0 bridgehead atoms. The lowest BCUT2D eigenvalue weighted by atomic mass is 10.1. The van der Waals surface area contributed by atoms with Gasteiger partial charge in [0.15, 0.2) is 0 Å². The number of terminal acetylenes is 2. The van der Waals surface area contributed by atoms with Crippen LogP contribution in [0.2, 0.25) is 0 Å². The fourth-order valence-electron chi connectivity index (χ4n) is 6.69. The molecule has 0 saturated heterocycles. The zero-order valence-corrected chi connectivity index (χ0v) is 38.9.